The number of nitro groups is 1. The van der Waals surface area contributed by atoms with Crippen molar-refractivity contribution >= 4 is 0 Å². The zero-order valence-corrected chi connectivity index (χ0v) is 14.0. The van der Waals surface area contributed by atoms with Crippen molar-refractivity contribution in [2.24, 2.45) is 0 Å². The van der Waals surface area contributed by atoms with E-state index in [1.807, 2.05) is 0 Å². The second kappa shape index (κ2) is 15.4. The quantitative estimate of drug-likeness (QED) is 0.215. The molecule has 0 aliphatic carbocycles. The van der Waals surface area contributed by atoms with E-state index >= 15 is 0 Å². The Hall–Kier alpha value is 0.360. The van der Waals surface area contributed by atoms with Crippen LogP contribution in [0.15, 0.2) is 0 Å². The van der Waals surface area contributed by atoms with Gasteiger partial charge in [-0.3, -0.25) is 10.1 Å². The Labute approximate surface area is 133 Å². The van der Waals surface area contributed by atoms with Gasteiger partial charge in [0.1, 0.15) is 0 Å². The van der Waals surface area contributed by atoms with Gasteiger partial charge < -0.3 is 5.11 Å². The van der Waals surface area contributed by atoms with Crippen LogP contribution in [0, 0.1) is 10.1 Å². The molecule has 1 unspecified atom stereocenters. The molecule has 0 rings (SSSR count). The van der Waals surface area contributed by atoms with Crippen molar-refractivity contribution in [3.8, 4) is 0 Å². The van der Waals surface area contributed by atoms with Crippen molar-refractivity contribution in [2.45, 2.75) is 77.2 Å². The van der Waals surface area contributed by atoms with E-state index in [0.717, 1.165) is 19.3 Å². The number of hydrogen-bond donors (Lipinski definition) is 0. The molecule has 0 aromatic heterocycles. The fourth-order valence-electron chi connectivity index (χ4n) is 1.94. The predicted octanol–water partition coefficient (Wildman–Crippen LogP) is -0.0831. The molecule has 0 aromatic rings. The molecular formula is C13H26NNaO3. The van der Waals surface area contributed by atoms with E-state index in [1.165, 1.54) is 38.5 Å². The summed E-state index contributed by atoms with van der Waals surface area (Å²) < 4.78 is 0. The number of nitrogens with zero attached hydrogens (tertiary/aromatic N) is 1. The second-order valence-corrected chi connectivity index (χ2v) is 4.75. The molecule has 0 aliphatic heterocycles. The van der Waals surface area contributed by atoms with E-state index in [4.69, 9.17) is 0 Å². The molecule has 0 N–H and O–H groups in total. The molecule has 0 aliphatic rings. The van der Waals surface area contributed by atoms with Gasteiger partial charge in [0.2, 0.25) is 0 Å². The fraction of sp³-hybridized carbons (Fsp3) is 1.00. The number of hydrogen-bond acceptors (Lipinski definition) is 3. The fourth-order valence-corrected chi connectivity index (χ4v) is 1.94. The Morgan fingerprint density at radius 1 is 0.944 bits per heavy atom. The van der Waals surface area contributed by atoms with Crippen molar-refractivity contribution in [2.75, 3.05) is 6.54 Å². The first-order valence-corrected chi connectivity index (χ1v) is 6.94. The van der Waals surface area contributed by atoms with Crippen LogP contribution in [0.3, 0.4) is 0 Å². The Balaban J connectivity index is 0. The summed E-state index contributed by atoms with van der Waals surface area (Å²) >= 11 is 0. The minimum Gasteiger partial charge on any atom is -0.847 e. The number of unbranched alkanes of at least 4 members (excludes halogenated alkanes) is 8. The third-order valence-corrected chi connectivity index (χ3v) is 2.98. The standard InChI is InChI=1S/C13H26NO3.Na/c1-2-3-4-5-6-7-8-9-10-11-13(15)12-14(16)17;/h13H,2-12H2,1H3;/q-1;+1. The minimum absolute atomic E-state index is 0. The second-order valence-electron chi connectivity index (χ2n) is 4.75. The molecule has 0 saturated carbocycles. The normalized spacial score (nSPS) is 11.9. The van der Waals surface area contributed by atoms with Gasteiger partial charge in [0.05, 0.1) is 0 Å². The van der Waals surface area contributed by atoms with Crippen LogP contribution in [0.4, 0.5) is 0 Å². The van der Waals surface area contributed by atoms with Crippen molar-refractivity contribution in [3.05, 3.63) is 10.1 Å². The molecule has 0 fully saturated rings. The molecule has 0 saturated heterocycles. The average molecular weight is 267 g/mol. The van der Waals surface area contributed by atoms with Gasteiger partial charge in [0.15, 0.2) is 6.54 Å². The third kappa shape index (κ3) is 16.4. The SMILES string of the molecule is CCCCCCCCCCCC([O-])C[N+](=O)[O-].[Na+]. The topological polar surface area (TPSA) is 66.2 Å². The Morgan fingerprint density at radius 2 is 1.39 bits per heavy atom. The van der Waals surface area contributed by atoms with E-state index in [9.17, 15) is 15.2 Å². The average Bonchev–Trinajstić information content (AvgIpc) is 2.26. The summed E-state index contributed by atoms with van der Waals surface area (Å²) in [6, 6.07) is 0. The molecule has 18 heavy (non-hydrogen) atoms. The molecular weight excluding hydrogens is 241 g/mol. The maximum Gasteiger partial charge on any atom is 1.00 e. The maximum atomic E-state index is 11.1. The van der Waals surface area contributed by atoms with E-state index < -0.39 is 17.6 Å². The summed E-state index contributed by atoms with van der Waals surface area (Å²) in [6.07, 6.45) is 10.3. The van der Waals surface area contributed by atoms with E-state index in [2.05, 4.69) is 6.92 Å². The Bertz CT molecular complexity index is 191. The van der Waals surface area contributed by atoms with Crippen LogP contribution in [-0.2, 0) is 0 Å². The first-order chi connectivity index (χ1) is 8.16. The van der Waals surface area contributed by atoms with Crippen LogP contribution in [0.1, 0.15) is 71.1 Å². The maximum absolute atomic E-state index is 11.1. The van der Waals surface area contributed by atoms with Gasteiger partial charge in [-0.25, -0.2) is 0 Å². The number of rotatable bonds is 12. The van der Waals surface area contributed by atoms with Gasteiger partial charge in [0, 0.05) is 4.92 Å². The molecule has 5 heteroatoms. The van der Waals surface area contributed by atoms with Crippen molar-refractivity contribution in [3.63, 3.8) is 0 Å². The summed E-state index contributed by atoms with van der Waals surface area (Å²) in [7, 11) is 0. The summed E-state index contributed by atoms with van der Waals surface area (Å²) in [5, 5.41) is 21.2. The largest absolute Gasteiger partial charge is 1.00 e. The van der Waals surface area contributed by atoms with E-state index in [0.29, 0.717) is 6.42 Å². The zero-order chi connectivity index (χ0) is 12.9. The molecule has 0 radical (unpaired) electrons. The molecule has 0 bridgehead atoms. The summed E-state index contributed by atoms with van der Waals surface area (Å²) in [6.45, 7) is 1.79. The van der Waals surface area contributed by atoms with Crippen LogP contribution < -0.4 is 34.7 Å². The van der Waals surface area contributed by atoms with Crippen LogP contribution in [-0.4, -0.2) is 17.6 Å². The third-order valence-electron chi connectivity index (χ3n) is 2.98. The molecule has 4 nitrogen and oxygen atoms in total. The van der Waals surface area contributed by atoms with Crippen LogP contribution in [0.2, 0.25) is 0 Å². The predicted molar refractivity (Wildman–Crippen MR) is 67.5 cm³/mol. The molecule has 0 amide bonds. The van der Waals surface area contributed by atoms with E-state index in [-0.39, 0.29) is 29.6 Å². The van der Waals surface area contributed by atoms with Crippen molar-refractivity contribution < 1.29 is 39.6 Å². The molecule has 1 atom stereocenters. The zero-order valence-electron chi connectivity index (χ0n) is 12.0. The molecule has 102 valence electrons. The Morgan fingerprint density at radius 3 is 1.83 bits per heavy atom. The molecule has 0 spiro atoms. The van der Waals surface area contributed by atoms with Crippen LogP contribution in [0.25, 0.3) is 0 Å². The van der Waals surface area contributed by atoms with Gasteiger partial charge in [-0.2, -0.15) is 0 Å². The smallest absolute Gasteiger partial charge is 0.847 e. The summed E-state index contributed by atoms with van der Waals surface area (Å²) in [5.41, 5.74) is 0. The summed E-state index contributed by atoms with van der Waals surface area (Å²) in [4.78, 5) is 9.57. The van der Waals surface area contributed by atoms with Gasteiger partial charge in [0.25, 0.3) is 0 Å². The van der Waals surface area contributed by atoms with E-state index in [1.54, 1.807) is 0 Å². The first kappa shape index (κ1) is 20.7. The van der Waals surface area contributed by atoms with Gasteiger partial charge in [-0.15, -0.1) is 0 Å². The monoisotopic (exact) mass is 267 g/mol. The first-order valence-electron chi connectivity index (χ1n) is 6.94. The van der Waals surface area contributed by atoms with Crippen molar-refractivity contribution in [1.82, 2.24) is 0 Å². The van der Waals surface area contributed by atoms with Crippen molar-refractivity contribution in [1.29, 1.82) is 0 Å². The van der Waals surface area contributed by atoms with Crippen LogP contribution in [0.5, 0.6) is 0 Å². The summed E-state index contributed by atoms with van der Waals surface area (Å²) in [5.74, 6) is 0. The Kier molecular flexibility index (Phi) is 17.7. The van der Waals surface area contributed by atoms with Gasteiger partial charge in [-0.1, -0.05) is 77.2 Å². The van der Waals surface area contributed by atoms with Gasteiger partial charge in [-0.05, 0) is 0 Å². The molecule has 0 heterocycles. The minimum atomic E-state index is -1.01. The van der Waals surface area contributed by atoms with Crippen LogP contribution >= 0.6 is 0 Å². The van der Waals surface area contributed by atoms with Gasteiger partial charge >= 0.3 is 29.6 Å². The molecule has 0 aromatic carbocycles.